The number of nitrogens with zero attached hydrogens (tertiary/aromatic N) is 5. The maximum absolute atomic E-state index is 13.3. The Labute approximate surface area is 187 Å². The fraction of sp³-hybridized carbons (Fsp3) is 0.455. The maximum Gasteiger partial charge on any atom is 0.410 e. The summed E-state index contributed by atoms with van der Waals surface area (Å²) in [7, 11) is 3.63. The third-order valence-corrected chi connectivity index (χ3v) is 5.33. The van der Waals surface area contributed by atoms with Crippen LogP contribution in [0.1, 0.15) is 36.7 Å². The van der Waals surface area contributed by atoms with Crippen LogP contribution in [0.5, 0.6) is 0 Å². The highest BCUT2D eigenvalue weighted by molar-refractivity contribution is 7.98. The van der Waals surface area contributed by atoms with Gasteiger partial charge in [0.25, 0.3) is 5.91 Å². The predicted molar refractivity (Wildman–Crippen MR) is 123 cm³/mol. The van der Waals surface area contributed by atoms with E-state index in [1.165, 1.54) is 16.7 Å². The number of carbonyl (C=O) groups excluding carboxylic acids is 2. The number of benzene rings is 1. The fourth-order valence-electron chi connectivity index (χ4n) is 3.25. The fourth-order valence-corrected chi connectivity index (χ4v) is 3.58. The van der Waals surface area contributed by atoms with Gasteiger partial charge in [0, 0.05) is 45.6 Å². The van der Waals surface area contributed by atoms with Gasteiger partial charge in [0.2, 0.25) is 0 Å². The second-order valence-electron chi connectivity index (χ2n) is 8.48. The Morgan fingerprint density at radius 2 is 2.03 bits per heavy atom. The van der Waals surface area contributed by atoms with Crippen molar-refractivity contribution < 1.29 is 14.3 Å². The quantitative estimate of drug-likeness (QED) is 0.527. The van der Waals surface area contributed by atoms with Crippen LogP contribution in [0.3, 0.4) is 0 Å². The van der Waals surface area contributed by atoms with E-state index in [2.05, 4.69) is 9.97 Å². The first-order valence-electron chi connectivity index (χ1n) is 10.1. The number of hydrogen-bond acceptors (Lipinski definition) is 7. The summed E-state index contributed by atoms with van der Waals surface area (Å²) in [5.74, 6) is 0.511. The zero-order valence-corrected chi connectivity index (χ0v) is 19.7. The monoisotopic (exact) mass is 443 g/mol. The van der Waals surface area contributed by atoms with Gasteiger partial charge in [-0.3, -0.25) is 4.79 Å². The number of thioether (sulfide) groups is 1. The lowest BCUT2D eigenvalue weighted by molar-refractivity contribution is 0.0285. The van der Waals surface area contributed by atoms with Crippen LogP contribution in [-0.4, -0.2) is 65.9 Å². The Bertz CT molecular complexity index is 976. The minimum absolute atomic E-state index is 0.135. The van der Waals surface area contributed by atoms with E-state index in [0.29, 0.717) is 36.2 Å². The first-order valence-corrected chi connectivity index (χ1v) is 11.3. The molecule has 166 valence electrons. The molecule has 9 heteroatoms. The van der Waals surface area contributed by atoms with Gasteiger partial charge in [-0.15, -0.1) is 0 Å². The lowest BCUT2D eigenvalue weighted by Gasteiger charge is -2.25. The maximum atomic E-state index is 13.3. The number of rotatable bonds is 4. The van der Waals surface area contributed by atoms with Crippen molar-refractivity contribution in [2.45, 2.75) is 38.1 Å². The molecule has 2 amide bonds. The minimum atomic E-state index is -0.552. The average molecular weight is 444 g/mol. The third kappa shape index (κ3) is 5.46. The molecule has 2 aromatic rings. The molecule has 1 aliphatic rings. The van der Waals surface area contributed by atoms with E-state index in [4.69, 9.17) is 4.74 Å². The van der Waals surface area contributed by atoms with Crippen LogP contribution in [0, 0.1) is 0 Å². The molecule has 0 spiro atoms. The molecule has 1 aliphatic heterocycles. The number of fused-ring (bicyclic) bond motifs is 1. The molecular formula is C22H29N5O3S. The first-order chi connectivity index (χ1) is 14.6. The van der Waals surface area contributed by atoms with E-state index in [0.717, 1.165) is 11.3 Å². The summed E-state index contributed by atoms with van der Waals surface area (Å²) >= 11 is 1.45. The Morgan fingerprint density at radius 1 is 1.29 bits per heavy atom. The zero-order chi connectivity index (χ0) is 22.8. The SMILES string of the molecule is CSc1ncc2c(n1)N(C)CCN(c1cccc(CN(C)C(=O)OC(C)(C)C)c1)C2=O. The van der Waals surface area contributed by atoms with Crippen molar-refractivity contribution in [2.75, 3.05) is 43.2 Å². The molecule has 0 N–H and O–H groups in total. The summed E-state index contributed by atoms with van der Waals surface area (Å²) in [6, 6.07) is 7.65. The van der Waals surface area contributed by atoms with Crippen molar-refractivity contribution in [3.8, 4) is 0 Å². The van der Waals surface area contributed by atoms with Gasteiger partial charge in [-0.05, 0) is 44.7 Å². The number of amides is 2. The molecule has 0 saturated carbocycles. The molecule has 0 radical (unpaired) electrons. The average Bonchev–Trinajstić information content (AvgIpc) is 2.83. The number of anilines is 2. The number of ether oxygens (including phenoxy) is 1. The Balaban J connectivity index is 1.83. The summed E-state index contributed by atoms with van der Waals surface area (Å²) in [4.78, 5) is 39.7. The number of likely N-dealkylation sites (N-methyl/N-ethyl adjacent to an activating group) is 1. The van der Waals surface area contributed by atoms with Gasteiger partial charge in [0.15, 0.2) is 5.16 Å². The normalized spacial score (nSPS) is 14.2. The Hall–Kier alpha value is -2.81. The third-order valence-electron chi connectivity index (χ3n) is 4.77. The molecule has 3 rings (SSSR count). The zero-order valence-electron chi connectivity index (χ0n) is 18.9. The lowest BCUT2D eigenvalue weighted by atomic mass is 10.1. The molecule has 0 aliphatic carbocycles. The van der Waals surface area contributed by atoms with Crippen molar-refractivity contribution in [3.63, 3.8) is 0 Å². The van der Waals surface area contributed by atoms with E-state index >= 15 is 0 Å². The first kappa shape index (κ1) is 22.9. The standard InChI is InChI=1S/C22H29N5O3S/c1-22(2,3)30-21(29)26(5)14-15-8-7-9-16(12-15)27-11-10-25(4)18-17(19(27)28)13-23-20(24-18)31-6/h7-9,12-13H,10-11,14H2,1-6H3. The summed E-state index contributed by atoms with van der Waals surface area (Å²) in [5.41, 5.74) is 1.61. The van der Waals surface area contributed by atoms with E-state index < -0.39 is 5.60 Å². The summed E-state index contributed by atoms with van der Waals surface area (Å²) in [5, 5.41) is 0.638. The summed E-state index contributed by atoms with van der Waals surface area (Å²) in [6.45, 7) is 7.06. The van der Waals surface area contributed by atoms with Crippen LogP contribution in [0.15, 0.2) is 35.6 Å². The minimum Gasteiger partial charge on any atom is -0.444 e. The molecule has 0 unspecified atom stereocenters. The second kappa shape index (κ2) is 9.13. The number of hydrogen-bond donors (Lipinski definition) is 0. The molecular weight excluding hydrogens is 414 g/mol. The van der Waals surface area contributed by atoms with E-state index in [1.807, 2.05) is 63.2 Å². The second-order valence-corrected chi connectivity index (χ2v) is 9.25. The van der Waals surface area contributed by atoms with Gasteiger partial charge < -0.3 is 19.4 Å². The Morgan fingerprint density at radius 3 is 2.71 bits per heavy atom. The van der Waals surface area contributed by atoms with Gasteiger partial charge in [-0.25, -0.2) is 14.8 Å². The van der Waals surface area contributed by atoms with E-state index in [-0.39, 0.29) is 12.0 Å². The van der Waals surface area contributed by atoms with Gasteiger partial charge in [0.05, 0.1) is 0 Å². The van der Waals surface area contributed by atoms with Crippen molar-refractivity contribution >= 4 is 35.3 Å². The van der Waals surface area contributed by atoms with Gasteiger partial charge >= 0.3 is 6.09 Å². The molecule has 0 saturated heterocycles. The van der Waals surface area contributed by atoms with Gasteiger partial charge in [-0.2, -0.15) is 0 Å². The van der Waals surface area contributed by atoms with Crippen LogP contribution >= 0.6 is 11.8 Å². The van der Waals surface area contributed by atoms with Crippen LogP contribution in [-0.2, 0) is 11.3 Å². The van der Waals surface area contributed by atoms with Gasteiger partial charge in [0.1, 0.15) is 17.0 Å². The van der Waals surface area contributed by atoms with Crippen LogP contribution in [0.4, 0.5) is 16.3 Å². The van der Waals surface area contributed by atoms with Gasteiger partial charge in [-0.1, -0.05) is 23.9 Å². The van der Waals surface area contributed by atoms with Crippen molar-refractivity contribution in [2.24, 2.45) is 0 Å². The lowest BCUT2D eigenvalue weighted by Crippen LogP contribution is -2.34. The highest BCUT2D eigenvalue weighted by atomic mass is 32.2. The molecule has 1 aromatic carbocycles. The van der Waals surface area contributed by atoms with Crippen LogP contribution < -0.4 is 9.80 Å². The van der Waals surface area contributed by atoms with E-state index in [9.17, 15) is 9.59 Å². The van der Waals surface area contributed by atoms with E-state index in [1.54, 1.807) is 18.1 Å². The number of carbonyl (C=O) groups is 2. The smallest absolute Gasteiger partial charge is 0.410 e. The van der Waals surface area contributed by atoms with Crippen LogP contribution in [0.2, 0.25) is 0 Å². The molecule has 1 aromatic heterocycles. The molecule has 0 fully saturated rings. The summed E-state index contributed by atoms with van der Waals surface area (Å²) < 4.78 is 5.42. The number of aromatic nitrogens is 2. The molecule has 2 heterocycles. The molecule has 0 atom stereocenters. The highest BCUT2D eigenvalue weighted by Gasteiger charge is 2.28. The topological polar surface area (TPSA) is 78.9 Å². The van der Waals surface area contributed by atoms with Crippen molar-refractivity contribution in [1.29, 1.82) is 0 Å². The predicted octanol–water partition coefficient (Wildman–Crippen LogP) is 3.66. The van der Waals surface area contributed by atoms with Crippen LogP contribution in [0.25, 0.3) is 0 Å². The van der Waals surface area contributed by atoms with Crippen molar-refractivity contribution in [3.05, 3.63) is 41.6 Å². The molecule has 8 nitrogen and oxygen atoms in total. The largest absolute Gasteiger partial charge is 0.444 e. The highest BCUT2D eigenvalue weighted by Crippen LogP contribution is 2.27. The molecule has 0 bridgehead atoms. The molecule has 31 heavy (non-hydrogen) atoms. The Kier molecular flexibility index (Phi) is 6.74. The summed E-state index contributed by atoms with van der Waals surface area (Å²) in [6.07, 6.45) is 3.12. The van der Waals surface area contributed by atoms with Crippen molar-refractivity contribution in [1.82, 2.24) is 14.9 Å².